The molecule has 1 aliphatic rings. The second kappa shape index (κ2) is 4.70. The quantitative estimate of drug-likeness (QED) is 0.805. The molecule has 78 valence electrons. The number of hydrogen-bond acceptors (Lipinski definition) is 5. The van der Waals surface area contributed by atoms with Crippen LogP contribution in [0.25, 0.3) is 0 Å². The predicted molar refractivity (Wildman–Crippen MR) is 58.7 cm³/mol. The van der Waals surface area contributed by atoms with Gasteiger partial charge in [0, 0.05) is 6.04 Å². The molecule has 1 aliphatic heterocycles. The van der Waals surface area contributed by atoms with Gasteiger partial charge in [-0.25, -0.2) is 0 Å². The van der Waals surface area contributed by atoms with E-state index in [4.69, 9.17) is 0 Å². The van der Waals surface area contributed by atoms with E-state index in [1.807, 2.05) is 0 Å². The van der Waals surface area contributed by atoms with E-state index in [-0.39, 0.29) is 0 Å². The Kier molecular flexibility index (Phi) is 3.31. The summed E-state index contributed by atoms with van der Waals surface area (Å²) in [4.78, 5) is 2.39. The van der Waals surface area contributed by atoms with Crippen LogP contribution in [0.15, 0.2) is 5.51 Å². The van der Waals surface area contributed by atoms with Gasteiger partial charge in [0.05, 0.1) is 0 Å². The minimum Gasteiger partial charge on any atom is -0.357 e. The lowest BCUT2D eigenvalue weighted by atomic mass is 10.1. The topological polar surface area (TPSA) is 41.0 Å². The van der Waals surface area contributed by atoms with Crippen LogP contribution in [-0.4, -0.2) is 41.3 Å². The summed E-state index contributed by atoms with van der Waals surface area (Å²) in [5.41, 5.74) is 1.77. The fourth-order valence-electron chi connectivity index (χ4n) is 1.79. The van der Waals surface area contributed by atoms with Crippen molar-refractivity contribution >= 4 is 16.5 Å². The van der Waals surface area contributed by atoms with Gasteiger partial charge in [-0.1, -0.05) is 11.3 Å². The zero-order chi connectivity index (χ0) is 9.80. The Balaban J connectivity index is 1.86. The molecule has 0 amide bonds. The third-order valence-corrected chi connectivity index (χ3v) is 3.26. The van der Waals surface area contributed by atoms with Crippen molar-refractivity contribution < 1.29 is 0 Å². The van der Waals surface area contributed by atoms with Crippen LogP contribution < -0.4 is 5.32 Å². The number of likely N-dealkylation sites (tertiary alicyclic amines) is 1. The second-order valence-electron chi connectivity index (χ2n) is 3.82. The van der Waals surface area contributed by atoms with Crippen molar-refractivity contribution in [3.8, 4) is 0 Å². The molecule has 0 bridgehead atoms. The maximum Gasteiger partial charge on any atom is 0.205 e. The minimum absolute atomic E-state index is 0.577. The Morgan fingerprint density at radius 3 is 3.21 bits per heavy atom. The summed E-state index contributed by atoms with van der Waals surface area (Å²) in [5, 5.41) is 12.2. The molecule has 1 unspecified atom stereocenters. The summed E-state index contributed by atoms with van der Waals surface area (Å²) in [6.45, 7) is 2.39. The molecule has 2 heterocycles. The van der Waals surface area contributed by atoms with Gasteiger partial charge in [-0.05, 0) is 39.4 Å². The van der Waals surface area contributed by atoms with Gasteiger partial charge in [0.25, 0.3) is 0 Å². The molecular formula is C9H16N4S. The van der Waals surface area contributed by atoms with Crippen molar-refractivity contribution in [2.75, 3.05) is 25.5 Å². The molecule has 0 saturated carbocycles. The van der Waals surface area contributed by atoms with E-state index >= 15 is 0 Å². The molecule has 1 atom stereocenters. The average Bonchev–Trinajstić information content (AvgIpc) is 2.58. The Labute approximate surface area is 88.3 Å². The molecule has 0 aliphatic carbocycles. The molecule has 2 rings (SSSR count). The van der Waals surface area contributed by atoms with E-state index in [1.54, 1.807) is 16.8 Å². The van der Waals surface area contributed by atoms with Crippen molar-refractivity contribution in [1.29, 1.82) is 0 Å². The van der Waals surface area contributed by atoms with Crippen molar-refractivity contribution in [3.05, 3.63) is 5.51 Å². The number of aromatic nitrogens is 2. The Morgan fingerprint density at radius 2 is 2.43 bits per heavy atom. The van der Waals surface area contributed by atoms with Crippen LogP contribution in [0.5, 0.6) is 0 Å². The third kappa shape index (κ3) is 2.65. The smallest absolute Gasteiger partial charge is 0.205 e. The first-order chi connectivity index (χ1) is 6.84. The minimum atomic E-state index is 0.577. The lowest BCUT2D eigenvalue weighted by Gasteiger charge is -2.15. The van der Waals surface area contributed by atoms with Crippen LogP contribution in [0, 0.1) is 0 Å². The van der Waals surface area contributed by atoms with Gasteiger partial charge in [0.2, 0.25) is 5.13 Å². The summed E-state index contributed by atoms with van der Waals surface area (Å²) in [7, 11) is 2.19. The largest absolute Gasteiger partial charge is 0.357 e. The number of anilines is 1. The predicted octanol–water partition coefficient (Wildman–Crippen LogP) is 1.43. The van der Waals surface area contributed by atoms with Crippen LogP contribution >= 0.6 is 11.3 Å². The summed E-state index contributed by atoms with van der Waals surface area (Å²) in [5.74, 6) is 0. The average molecular weight is 212 g/mol. The van der Waals surface area contributed by atoms with Crippen molar-refractivity contribution in [2.45, 2.75) is 25.3 Å². The maximum atomic E-state index is 4.00. The van der Waals surface area contributed by atoms with E-state index in [1.165, 1.54) is 32.4 Å². The number of nitrogens with zero attached hydrogens (tertiary/aromatic N) is 3. The van der Waals surface area contributed by atoms with Gasteiger partial charge in [0.15, 0.2) is 0 Å². The lowest BCUT2D eigenvalue weighted by molar-refractivity contribution is 0.348. The van der Waals surface area contributed by atoms with Crippen molar-refractivity contribution in [1.82, 2.24) is 15.1 Å². The highest BCUT2D eigenvalue weighted by Gasteiger charge is 2.15. The molecule has 0 radical (unpaired) electrons. The Morgan fingerprint density at radius 1 is 1.50 bits per heavy atom. The summed E-state index contributed by atoms with van der Waals surface area (Å²) >= 11 is 1.58. The van der Waals surface area contributed by atoms with Crippen LogP contribution in [0.3, 0.4) is 0 Å². The molecule has 1 saturated heterocycles. The molecule has 0 aromatic carbocycles. The van der Waals surface area contributed by atoms with E-state index in [2.05, 4.69) is 27.5 Å². The highest BCUT2D eigenvalue weighted by molar-refractivity contribution is 7.13. The third-order valence-electron chi connectivity index (χ3n) is 2.64. The fourth-order valence-corrected chi connectivity index (χ4v) is 2.32. The molecule has 14 heavy (non-hydrogen) atoms. The van der Waals surface area contributed by atoms with E-state index in [0.717, 1.165) is 5.13 Å². The Hall–Kier alpha value is -0.680. The summed E-state index contributed by atoms with van der Waals surface area (Å²) in [6, 6.07) is 0.577. The monoisotopic (exact) mass is 212 g/mol. The van der Waals surface area contributed by atoms with Crippen molar-refractivity contribution in [3.63, 3.8) is 0 Å². The molecule has 0 spiro atoms. The van der Waals surface area contributed by atoms with Gasteiger partial charge in [-0.15, -0.1) is 10.2 Å². The number of hydrogen-bond donors (Lipinski definition) is 1. The van der Waals surface area contributed by atoms with Crippen LogP contribution in [0.2, 0.25) is 0 Å². The summed E-state index contributed by atoms with van der Waals surface area (Å²) in [6.07, 6.45) is 3.72. The lowest BCUT2D eigenvalue weighted by Crippen LogP contribution is -2.22. The molecule has 4 nitrogen and oxygen atoms in total. The van der Waals surface area contributed by atoms with Crippen molar-refractivity contribution in [2.24, 2.45) is 0 Å². The number of nitrogens with one attached hydrogen (secondary N) is 1. The van der Waals surface area contributed by atoms with Crippen LogP contribution in [-0.2, 0) is 0 Å². The Bertz CT molecular complexity index is 262. The van der Waals surface area contributed by atoms with Crippen LogP contribution in [0.1, 0.15) is 19.3 Å². The van der Waals surface area contributed by atoms with Crippen LogP contribution in [0.4, 0.5) is 5.13 Å². The maximum absolute atomic E-state index is 4.00. The van der Waals surface area contributed by atoms with Gasteiger partial charge in [-0.3, -0.25) is 0 Å². The first kappa shape index (κ1) is 9.86. The number of rotatable bonds is 2. The molecule has 1 N–H and O–H groups in total. The molecule has 1 fully saturated rings. The van der Waals surface area contributed by atoms with Gasteiger partial charge >= 0.3 is 0 Å². The molecule has 5 heteroatoms. The first-order valence-electron chi connectivity index (χ1n) is 5.06. The molecular weight excluding hydrogens is 196 g/mol. The fraction of sp³-hybridized carbons (Fsp3) is 0.778. The highest BCUT2D eigenvalue weighted by Crippen LogP contribution is 2.16. The normalized spacial score (nSPS) is 24.5. The van der Waals surface area contributed by atoms with Gasteiger partial charge in [-0.2, -0.15) is 0 Å². The SMILES string of the molecule is CN1CCCC(Nc2nncs2)CC1. The zero-order valence-corrected chi connectivity index (χ0v) is 9.26. The highest BCUT2D eigenvalue weighted by atomic mass is 32.1. The second-order valence-corrected chi connectivity index (χ2v) is 4.65. The standard InChI is InChI=1S/C9H16N4S/c1-13-5-2-3-8(4-6-13)11-9-12-10-7-14-9/h7-8H,2-6H2,1H3,(H,11,12). The summed E-state index contributed by atoms with van der Waals surface area (Å²) < 4.78 is 0. The zero-order valence-electron chi connectivity index (χ0n) is 8.44. The van der Waals surface area contributed by atoms with E-state index in [0.29, 0.717) is 6.04 Å². The molecule has 1 aromatic heterocycles. The molecule has 1 aromatic rings. The first-order valence-corrected chi connectivity index (χ1v) is 5.94. The van der Waals surface area contributed by atoms with Gasteiger partial charge in [0.1, 0.15) is 5.51 Å². The van der Waals surface area contributed by atoms with E-state index < -0.39 is 0 Å². The van der Waals surface area contributed by atoms with Gasteiger partial charge < -0.3 is 10.2 Å². The van der Waals surface area contributed by atoms with E-state index in [9.17, 15) is 0 Å².